The normalized spacial score (nSPS) is 22.2. The van der Waals surface area contributed by atoms with E-state index in [1.807, 2.05) is 12.3 Å². The second-order valence-corrected chi connectivity index (χ2v) is 8.50. The number of hydrogen-bond acceptors (Lipinski definition) is 2. The van der Waals surface area contributed by atoms with Crippen LogP contribution in [0.5, 0.6) is 0 Å². The Bertz CT molecular complexity index is 1010. The fourth-order valence-electron chi connectivity index (χ4n) is 4.88. The SMILES string of the molecule is Cc1cccc(N2C(=S)N[C@@H](c3ccccn3)[C@H]2c2cccn2C2CCCC2)c1. The molecule has 1 saturated heterocycles. The summed E-state index contributed by atoms with van der Waals surface area (Å²) in [5, 5.41) is 4.34. The highest BCUT2D eigenvalue weighted by atomic mass is 32.1. The maximum Gasteiger partial charge on any atom is 0.174 e. The summed E-state index contributed by atoms with van der Waals surface area (Å²) in [6, 6.07) is 19.8. The van der Waals surface area contributed by atoms with Crippen molar-refractivity contribution in [2.75, 3.05) is 4.90 Å². The van der Waals surface area contributed by atoms with Gasteiger partial charge in [0.05, 0.1) is 11.7 Å². The first-order valence-electron chi connectivity index (χ1n) is 10.5. The highest BCUT2D eigenvalue weighted by Crippen LogP contribution is 2.43. The number of anilines is 1. The Morgan fingerprint density at radius 1 is 1.03 bits per heavy atom. The molecule has 0 amide bonds. The molecule has 2 fully saturated rings. The van der Waals surface area contributed by atoms with Gasteiger partial charge in [0.15, 0.2) is 5.11 Å². The van der Waals surface area contributed by atoms with Crippen molar-refractivity contribution in [3.63, 3.8) is 0 Å². The quantitative estimate of drug-likeness (QED) is 0.586. The Morgan fingerprint density at radius 2 is 1.90 bits per heavy atom. The molecule has 1 N–H and O–H groups in total. The molecule has 29 heavy (non-hydrogen) atoms. The van der Waals surface area contributed by atoms with Crippen molar-refractivity contribution in [3.05, 3.63) is 83.9 Å². The van der Waals surface area contributed by atoms with Crippen LogP contribution < -0.4 is 10.2 Å². The van der Waals surface area contributed by atoms with E-state index in [0.29, 0.717) is 6.04 Å². The highest BCUT2D eigenvalue weighted by molar-refractivity contribution is 7.80. The molecule has 5 rings (SSSR count). The third-order valence-electron chi connectivity index (χ3n) is 6.21. The monoisotopic (exact) mass is 402 g/mol. The zero-order valence-corrected chi connectivity index (χ0v) is 17.5. The zero-order valence-electron chi connectivity index (χ0n) is 16.7. The summed E-state index contributed by atoms with van der Waals surface area (Å²) in [4.78, 5) is 6.95. The standard InChI is InChI=1S/C24H26N4S/c1-17-8-6-11-19(16-17)28-23(21-13-7-15-27(21)18-9-2-3-10-18)22(26-24(28)29)20-12-4-5-14-25-20/h4-8,11-16,18,22-23H,2-3,9-10H2,1H3,(H,26,29)/t22-,23+/m0/s1. The molecule has 1 aliphatic heterocycles. The number of rotatable bonds is 4. The van der Waals surface area contributed by atoms with Crippen LogP contribution in [0, 0.1) is 6.92 Å². The molecule has 0 unspecified atom stereocenters. The zero-order chi connectivity index (χ0) is 19.8. The van der Waals surface area contributed by atoms with Crippen LogP contribution in [0.2, 0.25) is 0 Å². The van der Waals surface area contributed by atoms with Crippen molar-refractivity contribution in [1.82, 2.24) is 14.9 Å². The average Bonchev–Trinajstić information content (AvgIpc) is 3.47. The largest absolute Gasteiger partial charge is 0.351 e. The lowest BCUT2D eigenvalue weighted by Gasteiger charge is -2.30. The predicted octanol–water partition coefficient (Wildman–Crippen LogP) is 5.48. The fourth-order valence-corrected chi connectivity index (χ4v) is 5.23. The van der Waals surface area contributed by atoms with Crippen LogP contribution in [0.3, 0.4) is 0 Å². The number of nitrogens with one attached hydrogen (secondary N) is 1. The lowest BCUT2D eigenvalue weighted by molar-refractivity contribution is 0.461. The number of aromatic nitrogens is 2. The van der Waals surface area contributed by atoms with Crippen molar-refractivity contribution in [2.24, 2.45) is 0 Å². The summed E-state index contributed by atoms with van der Waals surface area (Å²) in [5.74, 6) is 0. The van der Waals surface area contributed by atoms with Crippen molar-refractivity contribution < 1.29 is 0 Å². The molecule has 3 heterocycles. The highest BCUT2D eigenvalue weighted by Gasteiger charge is 2.42. The van der Waals surface area contributed by atoms with Crippen molar-refractivity contribution in [2.45, 2.75) is 50.7 Å². The van der Waals surface area contributed by atoms with Gasteiger partial charge in [-0.15, -0.1) is 0 Å². The van der Waals surface area contributed by atoms with Crippen molar-refractivity contribution >= 4 is 23.0 Å². The molecule has 2 atom stereocenters. The summed E-state index contributed by atoms with van der Waals surface area (Å²) in [6.45, 7) is 2.13. The van der Waals surface area contributed by atoms with Gasteiger partial charge < -0.3 is 14.8 Å². The van der Waals surface area contributed by atoms with E-state index in [-0.39, 0.29) is 12.1 Å². The number of pyridine rings is 1. The summed E-state index contributed by atoms with van der Waals surface area (Å²) in [6.07, 6.45) is 9.25. The molecule has 1 aromatic carbocycles. The van der Waals surface area contributed by atoms with Gasteiger partial charge in [-0.1, -0.05) is 31.0 Å². The van der Waals surface area contributed by atoms with Crippen LogP contribution in [-0.2, 0) is 0 Å². The van der Waals surface area contributed by atoms with Gasteiger partial charge in [0, 0.05) is 29.8 Å². The lowest BCUT2D eigenvalue weighted by atomic mass is 10.00. The molecule has 2 aliphatic rings. The van der Waals surface area contributed by atoms with Crippen LogP contribution in [0.1, 0.15) is 60.8 Å². The first-order chi connectivity index (χ1) is 14.2. The number of nitrogens with zero attached hydrogens (tertiary/aromatic N) is 3. The molecular formula is C24H26N4S. The van der Waals surface area contributed by atoms with Crippen molar-refractivity contribution in [3.8, 4) is 0 Å². The Kier molecular flexibility index (Phi) is 4.84. The first kappa shape index (κ1) is 18.4. The molecule has 148 valence electrons. The van der Waals surface area contributed by atoms with Crippen LogP contribution in [0.25, 0.3) is 0 Å². The van der Waals surface area contributed by atoms with E-state index in [0.717, 1.165) is 16.5 Å². The maximum atomic E-state index is 5.85. The van der Waals surface area contributed by atoms with Crippen LogP contribution in [-0.4, -0.2) is 14.7 Å². The molecule has 0 spiro atoms. The van der Waals surface area contributed by atoms with Gasteiger partial charge in [0.2, 0.25) is 0 Å². The molecule has 3 aromatic rings. The molecule has 4 nitrogen and oxygen atoms in total. The predicted molar refractivity (Wildman–Crippen MR) is 121 cm³/mol. The van der Waals surface area contributed by atoms with E-state index < -0.39 is 0 Å². The van der Waals surface area contributed by atoms with E-state index >= 15 is 0 Å². The van der Waals surface area contributed by atoms with E-state index in [2.05, 4.69) is 81.4 Å². The van der Waals surface area contributed by atoms with Crippen molar-refractivity contribution in [1.29, 1.82) is 0 Å². The minimum absolute atomic E-state index is 0.0132. The minimum atomic E-state index is 0.0132. The Morgan fingerprint density at radius 3 is 2.66 bits per heavy atom. The summed E-state index contributed by atoms with van der Waals surface area (Å²) in [7, 11) is 0. The number of benzene rings is 1. The Hall–Kier alpha value is -2.66. The van der Waals surface area contributed by atoms with E-state index in [1.54, 1.807) is 0 Å². The van der Waals surface area contributed by atoms with Gasteiger partial charge in [-0.3, -0.25) is 4.98 Å². The first-order valence-corrected chi connectivity index (χ1v) is 10.9. The minimum Gasteiger partial charge on any atom is -0.351 e. The van der Waals surface area contributed by atoms with Gasteiger partial charge in [-0.2, -0.15) is 0 Å². The number of thiocarbonyl (C=S) groups is 1. The number of aryl methyl sites for hydroxylation is 1. The average molecular weight is 403 g/mol. The maximum absolute atomic E-state index is 5.85. The van der Waals surface area contributed by atoms with E-state index in [4.69, 9.17) is 12.2 Å². The smallest absolute Gasteiger partial charge is 0.174 e. The third-order valence-corrected chi connectivity index (χ3v) is 6.53. The van der Waals surface area contributed by atoms with Gasteiger partial charge in [-0.25, -0.2) is 0 Å². The van der Waals surface area contributed by atoms with Crippen LogP contribution in [0.4, 0.5) is 5.69 Å². The Balaban J connectivity index is 1.63. The van der Waals surface area contributed by atoms with E-state index in [1.165, 1.54) is 36.9 Å². The van der Waals surface area contributed by atoms with Gasteiger partial charge in [0.1, 0.15) is 6.04 Å². The molecule has 0 radical (unpaired) electrons. The second kappa shape index (κ2) is 7.64. The lowest BCUT2D eigenvalue weighted by Crippen LogP contribution is -2.30. The second-order valence-electron chi connectivity index (χ2n) is 8.11. The molecule has 2 aromatic heterocycles. The van der Waals surface area contributed by atoms with Gasteiger partial charge in [0.25, 0.3) is 0 Å². The van der Waals surface area contributed by atoms with Gasteiger partial charge >= 0.3 is 0 Å². The fraction of sp³-hybridized carbons (Fsp3) is 0.333. The summed E-state index contributed by atoms with van der Waals surface area (Å²) < 4.78 is 2.49. The summed E-state index contributed by atoms with van der Waals surface area (Å²) >= 11 is 5.85. The molecule has 0 bridgehead atoms. The topological polar surface area (TPSA) is 33.1 Å². The van der Waals surface area contributed by atoms with Crippen LogP contribution in [0.15, 0.2) is 67.0 Å². The van der Waals surface area contributed by atoms with E-state index in [9.17, 15) is 0 Å². The molecule has 1 aliphatic carbocycles. The summed E-state index contributed by atoms with van der Waals surface area (Å²) in [5.41, 5.74) is 4.69. The molecular weight excluding hydrogens is 376 g/mol. The third kappa shape index (κ3) is 3.33. The number of hydrogen-bond donors (Lipinski definition) is 1. The van der Waals surface area contributed by atoms with Crippen LogP contribution >= 0.6 is 12.2 Å². The molecule has 1 saturated carbocycles. The molecule has 5 heteroatoms. The van der Waals surface area contributed by atoms with Gasteiger partial charge in [-0.05, 0) is 73.9 Å². The Labute approximate surface area is 177 Å².